The standard InChI is InChI=1S/C39H54O7/c1-35-19-16-30-37(3,21-18-32(39(30,5)34(44)45)46-33(43)15-8-24-6-10-26(41)11-7-24)28(35)14-12-27-25(22-35)9-13-29-36(27,2)20-17-31(42)38(29,4)23-40/h6-11,15,27-32,40-42H,12-14,16-23H2,1-5H3,(H,44,45)/b15-8+/t27-,28-,29+,30+,31+,32-,35-,36+,37+,38+,39+/m0/s1. The summed E-state index contributed by atoms with van der Waals surface area (Å²) in [7, 11) is 0. The molecule has 0 unspecified atom stereocenters. The number of allylic oxidation sites excluding steroid dienone is 2. The number of phenols is 1. The first-order valence-corrected chi connectivity index (χ1v) is 17.5. The fraction of sp³-hybridized carbons (Fsp3) is 0.692. The van der Waals surface area contributed by atoms with Gasteiger partial charge in [0, 0.05) is 11.5 Å². The average Bonchev–Trinajstić information content (AvgIpc) is 3.17. The molecule has 1 aromatic carbocycles. The molecule has 0 spiro atoms. The number of hydrogen-bond donors (Lipinski definition) is 4. The van der Waals surface area contributed by atoms with E-state index in [4.69, 9.17) is 4.74 Å². The lowest BCUT2D eigenvalue weighted by Gasteiger charge is -2.63. The van der Waals surface area contributed by atoms with Gasteiger partial charge in [-0.1, -0.05) is 51.5 Å². The largest absolute Gasteiger partial charge is 0.508 e. The number of aliphatic hydroxyl groups excluding tert-OH is 2. The predicted molar refractivity (Wildman–Crippen MR) is 176 cm³/mol. The minimum Gasteiger partial charge on any atom is -0.508 e. The fourth-order valence-electron chi connectivity index (χ4n) is 12.1. The molecule has 1 aromatic rings. The Labute approximate surface area is 274 Å². The zero-order chi connectivity index (χ0) is 33.3. The molecule has 0 radical (unpaired) electrons. The molecule has 0 saturated heterocycles. The summed E-state index contributed by atoms with van der Waals surface area (Å²) >= 11 is 0. The van der Waals surface area contributed by atoms with Crippen LogP contribution in [0.5, 0.6) is 5.75 Å². The van der Waals surface area contributed by atoms with Crippen molar-refractivity contribution in [2.75, 3.05) is 6.61 Å². The molecular formula is C39H54O7. The number of benzene rings is 1. The Kier molecular flexibility index (Phi) is 8.32. The van der Waals surface area contributed by atoms with Crippen molar-refractivity contribution in [3.63, 3.8) is 0 Å². The molecule has 7 nitrogen and oxygen atoms in total. The van der Waals surface area contributed by atoms with E-state index in [1.807, 2.05) is 6.92 Å². The summed E-state index contributed by atoms with van der Waals surface area (Å²) in [5, 5.41) is 41.8. The van der Waals surface area contributed by atoms with Gasteiger partial charge in [-0.15, -0.1) is 0 Å². The number of carbonyl (C=O) groups excluding carboxylic acids is 1. The fourth-order valence-corrected chi connectivity index (χ4v) is 12.1. The van der Waals surface area contributed by atoms with E-state index >= 15 is 0 Å². The van der Waals surface area contributed by atoms with Crippen LogP contribution in [0.3, 0.4) is 0 Å². The van der Waals surface area contributed by atoms with Crippen molar-refractivity contribution >= 4 is 18.0 Å². The molecule has 6 rings (SSSR count). The Morgan fingerprint density at radius 3 is 2.26 bits per heavy atom. The summed E-state index contributed by atoms with van der Waals surface area (Å²) in [5.74, 6) is -0.447. The number of phenolic OH excluding ortho intramolecular Hbond substituents is 1. The second-order valence-electron chi connectivity index (χ2n) is 16.9. The quantitative estimate of drug-likeness (QED) is 0.154. The normalized spacial score (nSPS) is 45.3. The number of aromatic hydroxyl groups is 1. The SMILES string of the molecule is C[C@@]12CC[C@@H]3[C@](C)(CC[C@H](OC(=O)/C=C/c4ccc(O)cc4)[C@]3(C)C(=O)O)[C@H]1CC[C@H]1C(=CC[C@@H]3[C@]1(C)CC[C@@H](O)[C@]3(C)CO)C2. The van der Waals surface area contributed by atoms with Gasteiger partial charge in [-0.2, -0.15) is 0 Å². The van der Waals surface area contributed by atoms with Crippen molar-refractivity contribution in [3.05, 3.63) is 47.6 Å². The first-order chi connectivity index (χ1) is 21.6. The highest BCUT2D eigenvalue weighted by atomic mass is 16.5. The summed E-state index contributed by atoms with van der Waals surface area (Å²) in [5.41, 5.74) is 0.447. The molecular weight excluding hydrogens is 580 g/mol. The number of hydrogen-bond acceptors (Lipinski definition) is 6. The lowest BCUT2D eigenvalue weighted by atomic mass is 9.41. The summed E-state index contributed by atoms with van der Waals surface area (Å²) in [6.07, 6.45) is 13.0. The molecule has 252 valence electrons. The first kappa shape index (κ1) is 33.3. The van der Waals surface area contributed by atoms with E-state index < -0.39 is 35.0 Å². The van der Waals surface area contributed by atoms with E-state index in [-0.39, 0.29) is 40.4 Å². The van der Waals surface area contributed by atoms with Gasteiger partial charge in [-0.3, -0.25) is 4.79 Å². The van der Waals surface area contributed by atoms with Crippen LogP contribution in [0, 0.1) is 50.7 Å². The summed E-state index contributed by atoms with van der Waals surface area (Å²) in [6, 6.07) is 6.50. The number of esters is 1. The van der Waals surface area contributed by atoms with Crippen LogP contribution in [0.25, 0.3) is 6.08 Å². The number of carboxylic acids is 1. The first-order valence-electron chi connectivity index (χ1n) is 17.5. The summed E-state index contributed by atoms with van der Waals surface area (Å²) in [6.45, 7) is 11.1. The molecule has 4 fully saturated rings. The molecule has 0 aliphatic heterocycles. The van der Waals surface area contributed by atoms with Crippen molar-refractivity contribution in [3.8, 4) is 5.75 Å². The third-order valence-electron chi connectivity index (χ3n) is 14.7. The third kappa shape index (κ3) is 4.98. The number of carboxylic acid groups (broad SMARTS) is 1. The second-order valence-corrected chi connectivity index (χ2v) is 16.9. The van der Waals surface area contributed by atoms with Gasteiger partial charge in [-0.25, -0.2) is 4.79 Å². The maximum atomic E-state index is 13.2. The highest BCUT2D eigenvalue weighted by molar-refractivity contribution is 5.87. The third-order valence-corrected chi connectivity index (χ3v) is 14.7. The van der Waals surface area contributed by atoms with Gasteiger partial charge in [0.25, 0.3) is 0 Å². The van der Waals surface area contributed by atoms with Crippen LogP contribution in [-0.4, -0.2) is 51.2 Å². The predicted octanol–water partition coefficient (Wildman–Crippen LogP) is 7.15. The van der Waals surface area contributed by atoms with E-state index in [9.17, 15) is 30.0 Å². The number of aliphatic hydroxyl groups is 2. The van der Waals surface area contributed by atoms with Gasteiger partial charge >= 0.3 is 11.9 Å². The van der Waals surface area contributed by atoms with Crippen LogP contribution in [0.15, 0.2) is 42.0 Å². The van der Waals surface area contributed by atoms with Crippen molar-refractivity contribution in [2.45, 2.75) is 111 Å². The van der Waals surface area contributed by atoms with Gasteiger partial charge in [0.2, 0.25) is 0 Å². The molecule has 46 heavy (non-hydrogen) atoms. The Hall–Kier alpha value is -2.64. The zero-order valence-corrected chi connectivity index (χ0v) is 28.3. The zero-order valence-electron chi connectivity index (χ0n) is 28.3. The monoisotopic (exact) mass is 634 g/mol. The lowest BCUT2D eigenvalue weighted by Crippen LogP contribution is -2.62. The molecule has 0 aromatic heterocycles. The Morgan fingerprint density at radius 2 is 1.59 bits per heavy atom. The summed E-state index contributed by atoms with van der Waals surface area (Å²) < 4.78 is 5.98. The second kappa shape index (κ2) is 11.5. The van der Waals surface area contributed by atoms with Gasteiger partial charge in [0.05, 0.1) is 12.7 Å². The highest BCUT2D eigenvalue weighted by Gasteiger charge is 2.67. The van der Waals surface area contributed by atoms with Crippen molar-refractivity contribution < 1.29 is 34.8 Å². The van der Waals surface area contributed by atoms with Gasteiger partial charge in [0.15, 0.2) is 0 Å². The van der Waals surface area contributed by atoms with E-state index in [1.165, 1.54) is 6.08 Å². The average molecular weight is 635 g/mol. The molecule has 11 atom stereocenters. The van der Waals surface area contributed by atoms with Crippen LogP contribution in [-0.2, 0) is 14.3 Å². The van der Waals surface area contributed by atoms with Gasteiger partial charge < -0.3 is 25.2 Å². The minimum absolute atomic E-state index is 0.00345. The molecule has 4 N–H and O–H groups in total. The Bertz CT molecular complexity index is 1420. The van der Waals surface area contributed by atoms with Crippen molar-refractivity contribution in [1.82, 2.24) is 0 Å². The molecule has 0 bridgehead atoms. The van der Waals surface area contributed by atoms with Gasteiger partial charge in [0.1, 0.15) is 17.3 Å². The molecule has 0 amide bonds. The number of fused-ring (bicyclic) bond motifs is 6. The van der Waals surface area contributed by atoms with Crippen LogP contribution in [0.2, 0.25) is 0 Å². The van der Waals surface area contributed by atoms with E-state index in [0.717, 1.165) is 63.4 Å². The van der Waals surface area contributed by atoms with E-state index in [1.54, 1.807) is 35.9 Å². The smallest absolute Gasteiger partial charge is 0.331 e. The number of aliphatic carboxylic acids is 1. The van der Waals surface area contributed by atoms with Crippen molar-refractivity contribution in [1.29, 1.82) is 0 Å². The molecule has 5 aliphatic rings. The van der Waals surface area contributed by atoms with Crippen LogP contribution >= 0.6 is 0 Å². The molecule has 0 heterocycles. The number of rotatable bonds is 5. The topological polar surface area (TPSA) is 124 Å². The molecule has 4 saturated carbocycles. The van der Waals surface area contributed by atoms with E-state index in [2.05, 4.69) is 33.8 Å². The Balaban J connectivity index is 1.26. The Morgan fingerprint density at radius 1 is 0.891 bits per heavy atom. The van der Waals surface area contributed by atoms with Crippen LogP contribution in [0.1, 0.15) is 104 Å². The number of ether oxygens (including phenoxy) is 1. The highest BCUT2D eigenvalue weighted by Crippen LogP contribution is 2.70. The summed E-state index contributed by atoms with van der Waals surface area (Å²) in [4.78, 5) is 26.2. The van der Waals surface area contributed by atoms with Crippen LogP contribution in [0.4, 0.5) is 0 Å². The van der Waals surface area contributed by atoms with Gasteiger partial charge in [-0.05, 0) is 135 Å². The maximum absolute atomic E-state index is 13.2. The lowest BCUT2D eigenvalue weighted by molar-refractivity contribution is -0.207. The van der Waals surface area contributed by atoms with E-state index in [0.29, 0.717) is 18.3 Å². The number of carbonyl (C=O) groups is 2. The molecule has 5 aliphatic carbocycles. The maximum Gasteiger partial charge on any atom is 0.331 e. The molecule has 7 heteroatoms. The van der Waals surface area contributed by atoms with Crippen molar-refractivity contribution in [2.24, 2.45) is 50.7 Å². The minimum atomic E-state index is -1.20. The van der Waals surface area contributed by atoms with Crippen LogP contribution < -0.4 is 0 Å².